The van der Waals surface area contributed by atoms with E-state index in [9.17, 15) is 0 Å². The predicted molar refractivity (Wildman–Crippen MR) is 86.4 cm³/mol. The van der Waals surface area contributed by atoms with Crippen molar-refractivity contribution >= 4 is 10.8 Å². The minimum Gasteiger partial charge on any atom is -0.496 e. The number of hydrogen-bond donors (Lipinski definition) is 1. The van der Waals surface area contributed by atoms with Crippen LogP contribution in [0.25, 0.3) is 10.8 Å². The molecule has 20 heavy (non-hydrogen) atoms. The summed E-state index contributed by atoms with van der Waals surface area (Å²) in [5, 5.41) is 6.08. The van der Waals surface area contributed by atoms with Crippen LogP contribution in [0, 0.1) is 5.41 Å². The van der Waals surface area contributed by atoms with Crippen molar-refractivity contribution in [1.82, 2.24) is 5.32 Å². The van der Waals surface area contributed by atoms with E-state index in [2.05, 4.69) is 69.4 Å². The molecule has 1 unspecified atom stereocenters. The SMILES string of the molecule is CCNC(c1ccc(OC)c2ccccc12)C(C)(C)C. The van der Waals surface area contributed by atoms with E-state index in [4.69, 9.17) is 4.74 Å². The Morgan fingerprint density at radius 3 is 2.25 bits per heavy atom. The molecule has 2 nitrogen and oxygen atoms in total. The van der Waals surface area contributed by atoms with Crippen LogP contribution in [-0.4, -0.2) is 13.7 Å². The van der Waals surface area contributed by atoms with Crippen LogP contribution in [0.4, 0.5) is 0 Å². The smallest absolute Gasteiger partial charge is 0.126 e. The first-order chi connectivity index (χ1) is 9.49. The molecule has 0 saturated heterocycles. The van der Waals surface area contributed by atoms with E-state index < -0.39 is 0 Å². The van der Waals surface area contributed by atoms with Gasteiger partial charge in [-0.2, -0.15) is 0 Å². The summed E-state index contributed by atoms with van der Waals surface area (Å²) in [6.45, 7) is 9.95. The maximum Gasteiger partial charge on any atom is 0.126 e. The zero-order valence-corrected chi connectivity index (χ0v) is 13.2. The third-order valence-electron chi connectivity index (χ3n) is 3.72. The van der Waals surface area contributed by atoms with Gasteiger partial charge in [-0.3, -0.25) is 0 Å². The first-order valence-electron chi connectivity index (χ1n) is 7.28. The van der Waals surface area contributed by atoms with Crippen molar-refractivity contribution in [2.75, 3.05) is 13.7 Å². The van der Waals surface area contributed by atoms with Gasteiger partial charge < -0.3 is 10.1 Å². The van der Waals surface area contributed by atoms with Crippen molar-refractivity contribution in [2.45, 2.75) is 33.7 Å². The Kier molecular flexibility index (Phi) is 4.34. The minimum absolute atomic E-state index is 0.160. The first-order valence-corrected chi connectivity index (χ1v) is 7.28. The quantitative estimate of drug-likeness (QED) is 0.881. The third kappa shape index (κ3) is 2.80. The molecule has 0 fully saturated rings. The van der Waals surface area contributed by atoms with Gasteiger partial charge in [0.25, 0.3) is 0 Å². The lowest BCUT2D eigenvalue weighted by Gasteiger charge is -2.33. The van der Waals surface area contributed by atoms with E-state index in [1.807, 2.05) is 0 Å². The molecule has 0 spiro atoms. The molecule has 0 aliphatic carbocycles. The summed E-state index contributed by atoms with van der Waals surface area (Å²) in [6.07, 6.45) is 0. The Morgan fingerprint density at radius 2 is 1.70 bits per heavy atom. The van der Waals surface area contributed by atoms with Crippen molar-refractivity contribution in [3.63, 3.8) is 0 Å². The van der Waals surface area contributed by atoms with E-state index in [0.29, 0.717) is 6.04 Å². The minimum atomic E-state index is 0.160. The Balaban J connectivity index is 2.64. The van der Waals surface area contributed by atoms with Crippen LogP contribution in [-0.2, 0) is 0 Å². The highest BCUT2D eigenvalue weighted by Gasteiger charge is 2.27. The molecule has 0 aliphatic heterocycles. The average Bonchev–Trinajstić information content (AvgIpc) is 2.43. The molecular formula is C18H25NO. The molecule has 1 atom stereocenters. The second-order valence-corrected chi connectivity index (χ2v) is 6.26. The molecule has 2 rings (SSSR count). The zero-order chi connectivity index (χ0) is 14.8. The van der Waals surface area contributed by atoms with Crippen molar-refractivity contribution in [2.24, 2.45) is 5.41 Å². The van der Waals surface area contributed by atoms with E-state index in [0.717, 1.165) is 12.3 Å². The second-order valence-electron chi connectivity index (χ2n) is 6.26. The van der Waals surface area contributed by atoms with Crippen molar-refractivity contribution < 1.29 is 4.74 Å². The highest BCUT2D eigenvalue weighted by atomic mass is 16.5. The van der Waals surface area contributed by atoms with Crippen LogP contribution in [0.3, 0.4) is 0 Å². The van der Waals surface area contributed by atoms with Crippen LogP contribution < -0.4 is 10.1 Å². The molecule has 0 amide bonds. The van der Waals surface area contributed by atoms with Crippen LogP contribution in [0.2, 0.25) is 0 Å². The highest BCUT2D eigenvalue weighted by molar-refractivity contribution is 5.91. The molecular weight excluding hydrogens is 246 g/mol. The topological polar surface area (TPSA) is 21.3 Å². The summed E-state index contributed by atoms with van der Waals surface area (Å²) < 4.78 is 5.49. The van der Waals surface area contributed by atoms with Gasteiger partial charge in [0, 0.05) is 11.4 Å². The molecule has 1 N–H and O–H groups in total. The summed E-state index contributed by atoms with van der Waals surface area (Å²) in [7, 11) is 1.73. The summed E-state index contributed by atoms with van der Waals surface area (Å²) in [5.74, 6) is 0.938. The highest BCUT2D eigenvalue weighted by Crippen LogP contribution is 2.38. The fourth-order valence-corrected chi connectivity index (χ4v) is 2.81. The van der Waals surface area contributed by atoms with Gasteiger partial charge in [0.2, 0.25) is 0 Å². The molecule has 0 heterocycles. The van der Waals surface area contributed by atoms with Crippen molar-refractivity contribution in [3.05, 3.63) is 42.0 Å². The molecule has 2 aromatic rings. The molecule has 0 saturated carbocycles. The van der Waals surface area contributed by atoms with Crippen LogP contribution in [0.1, 0.15) is 39.3 Å². The fraction of sp³-hybridized carbons (Fsp3) is 0.444. The number of hydrogen-bond acceptors (Lipinski definition) is 2. The van der Waals surface area contributed by atoms with E-state index >= 15 is 0 Å². The number of nitrogens with one attached hydrogen (secondary N) is 1. The molecule has 0 aromatic heterocycles. The summed E-state index contributed by atoms with van der Waals surface area (Å²) >= 11 is 0. The lowest BCUT2D eigenvalue weighted by Crippen LogP contribution is -2.32. The fourth-order valence-electron chi connectivity index (χ4n) is 2.81. The molecule has 2 heteroatoms. The summed E-state index contributed by atoms with van der Waals surface area (Å²) in [6, 6.07) is 13.1. The first kappa shape index (κ1) is 14.9. The van der Waals surface area contributed by atoms with Crippen LogP contribution in [0.5, 0.6) is 5.75 Å². The lowest BCUT2D eigenvalue weighted by molar-refractivity contribution is 0.278. The Morgan fingerprint density at radius 1 is 1.05 bits per heavy atom. The number of ether oxygens (including phenoxy) is 1. The molecule has 0 radical (unpaired) electrons. The third-order valence-corrected chi connectivity index (χ3v) is 3.72. The number of rotatable bonds is 4. The zero-order valence-electron chi connectivity index (χ0n) is 13.2. The van der Waals surface area contributed by atoms with Gasteiger partial charge in [0.1, 0.15) is 5.75 Å². The Labute approximate surface area is 122 Å². The van der Waals surface area contributed by atoms with Gasteiger partial charge >= 0.3 is 0 Å². The van der Waals surface area contributed by atoms with Crippen LogP contribution in [0.15, 0.2) is 36.4 Å². The lowest BCUT2D eigenvalue weighted by atomic mass is 9.80. The van der Waals surface area contributed by atoms with Crippen molar-refractivity contribution in [3.8, 4) is 5.75 Å². The molecule has 0 aliphatic rings. The van der Waals surface area contributed by atoms with Gasteiger partial charge in [-0.15, -0.1) is 0 Å². The van der Waals surface area contributed by atoms with Gasteiger partial charge in [0.05, 0.1) is 7.11 Å². The van der Waals surface area contributed by atoms with Gasteiger partial charge in [-0.25, -0.2) is 0 Å². The second kappa shape index (κ2) is 5.84. The molecule has 108 valence electrons. The monoisotopic (exact) mass is 271 g/mol. The van der Waals surface area contributed by atoms with E-state index in [1.54, 1.807) is 7.11 Å². The molecule has 0 bridgehead atoms. The van der Waals surface area contributed by atoms with Gasteiger partial charge in [0.15, 0.2) is 0 Å². The maximum absolute atomic E-state index is 5.49. The standard InChI is InChI=1S/C18H25NO/c1-6-19-17(18(2,3)4)15-11-12-16(20-5)14-10-8-7-9-13(14)15/h7-12,17,19H,6H2,1-5H3. The number of benzene rings is 2. The number of methoxy groups -OCH3 is 1. The van der Waals surface area contributed by atoms with E-state index in [-0.39, 0.29) is 5.41 Å². The maximum atomic E-state index is 5.49. The average molecular weight is 271 g/mol. The summed E-state index contributed by atoms with van der Waals surface area (Å²) in [5.41, 5.74) is 1.50. The van der Waals surface area contributed by atoms with Crippen molar-refractivity contribution in [1.29, 1.82) is 0 Å². The summed E-state index contributed by atoms with van der Waals surface area (Å²) in [4.78, 5) is 0. The Hall–Kier alpha value is -1.54. The van der Waals surface area contributed by atoms with E-state index in [1.165, 1.54) is 16.3 Å². The normalized spacial score (nSPS) is 13.4. The number of fused-ring (bicyclic) bond motifs is 1. The van der Waals surface area contributed by atoms with Gasteiger partial charge in [-0.05, 0) is 29.0 Å². The van der Waals surface area contributed by atoms with Crippen LogP contribution >= 0.6 is 0 Å². The molecule has 2 aromatic carbocycles. The van der Waals surface area contributed by atoms with Gasteiger partial charge in [-0.1, -0.05) is 58.0 Å². The largest absolute Gasteiger partial charge is 0.496 e. The Bertz CT molecular complexity index is 583. The predicted octanol–water partition coefficient (Wildman–Crippen LogP) is 4.55.